The van der Waals surface area contributed by atoms with Gasteiger partial charge in [-0.3, -0.25) is 9.89 Å². The Kier molecular flexibility index (Phi) is 5.46. The van der Waals surface area contributed by atoms with Crippen LogP contribution < -0.4 is 4.74 Å². The van der Waals surface area contributed by atoms with Crippen molar-refractivity contribution < 1.29 is 14.3 Å². The van der Waals surface area contributed by atoms with Gasteiger partial charge in [-0.2, -0.15) is 0 Å². The first kappa shape index (κ1) is 18.1. The summed E-state index contributed by atoms with van der Waals surface area (Å²) in [4.78, 5) is 11.1. The van der Waals surface area contributed by atoms with Gasteiger partial charge in [0.05, 0.1) is 5.69 Å². The van der Waals surface area contributed by atoms with Crippen molar-refractivity contribution in [3.8, 4) is 17.1 Å². The summed E-state index contributed by atoms with van der Waals surface area (Å²) in [6, 6.07) is 10.7. The monoisotopic (exact) mass is 368 g/mol. The average molecular weight is 368 g/mol. The number of carbonyl (C=O) groups is 1. The van der Waals surface area contributed by atoms with Crippen molar-refractivity contribution in [3.05, 3.63) is 35.9 Å². The van der Waals surface area contributed by atoms with Gasteiger partial charge in [-0.15, -0.1) is 5.10 Å². The Morgan fingerprint density at radius 2 is 1.70 bits per heavy atom. The molecule has 2 aliphatic carbocycles. The summed E-state index contributed by atoms with van der Waals surface area (Å²) in [5.41, 5.74) is 3.48. The van der Waals surface area contributed by atoms with Crippen molar-refractivity contribution >= 4 is 5.97 Å². The summed E-state index contributed by atoms with van der Waals surface area (Å²) in [6.07, 6.45) is 9.25. The highest BCUT2D eigenvalue weighted by atomic mass is 16.5. The molecule has 0 bridgehead atoms. The summed E-state index contributed by atoms with van der Waals surface area (Å²) < 4.78 is 11.3. The molecule has 4 rings (SSSR count). The second-order valence-electron chi connectivity index (χ2n) is 7.85. The molecule has 5 nitrogen and oxygen atoms in total. The van der Waals surface area contributed by atoms with E-state index in [1.54, 1.807) is 0 Å². The predicted octanol–water partition coefficient (Wildman–Crippen LogP) is 4.99. The average Bonchev–Trinajstić information content (AvgIpc) is 3.35. The molecule has 27 heavy (non-hydrogen) atoms. The van der Waals surface area contributed by atoms with Crippen LogP contribution in [0.25, 0.3) is 11.3 Å². The molecule has 0 atom stereocenters. The number of aromatic amines is 1. The van der Waals surface area contributed by atoms with Crippen LogP contribution in [0.4, 0.5) is 0 Å². The third kappa shape index (κ3) is 4.52. The van der Waals surface area contributed by atoms with Gasteiger partial charge in [-0.25, -0.2) is 0 Å². The lowest BCUT2D eigenvalue weighted by atomic mass is 9.82. The second kappa shape index (κ2) is 8.15. The second-order valence-corrected chi connectivity index (χ2v) is 7.85. The summed E-state index contributed by atoms with van der Waals surface area (Å²) >= 11 is 0. The van der Waals surface area contributed by atoms with Gasteiger partial charge in [0.15, 0.2) is 0 Å². The van der Waals surface area contributed by atoms with Crippen molar-refractivity contribution in [2.75, 3.05) is 0 Å². The fraction of sp³-hybridized carbons (Fsp3) is 0.545. The van der Waals surface area contributed by atoms with Crippen LogP contribution in [0, 0.1) is 0 Å². The normalized spacial score (nSPS) is 23.3. The lowest BCUT2D eigenvalue weighted by Crippen LogP contribution is -2.22. The highest BCUT2D eigenvalue weighted by Gasteiger charge is 2.24. The summed E-state index contributed by atoms with van der Waals surface area (Å²) in [5, 5.41) is 7.41. The number of esters is 1. The number of ether oxygens (including phenoxy) is 2. The largest absolute Gasteiger partial charge is 0.473 e. The first-order chi connectivity index (χ1) is 13.2. The zero-order chi connectivity index (χ0) is 18.6. The molecule has 5 heteroatoms. The first-order valence-corrected chi connectivity index (χ1v) is 10.2. The van der Waals surface area contributed by atoms with E-state index in [1.165, 1.54) is 25.3 Å². The molecule has 0 unspecified atom stereocenters. The van der Waals surface area contributed by atoms with Crippen molar-refractivity contribution in [3.63, 3.8) is 0 Å². The first-order valence-electron chi connectivity index (χ1n) is 10.2. The van der Waals surface area contributed by atoms with Gasteiger partial charge in [0.25, 0.3) is 0 Å². The SMILES string of the molecule is CC(=O)OC1CCC(c2ccc(-c3cc(OC4CCCC4)n[nH]3)cc2)CC1. The van der Waals surface area contributed by atoms with Gasteiger partial charge in [0.1, 0.15) is 12.2 Å². The number of hydrogen-bond acceptors (Lipinski definition) is 4. The van der Waals surface area contributed by atoms with Crippen molar-refractivity contribution in [1.82, 2.24) is 10.2 Å². The third-order valence-electron chi connectivity index (χ3n) is 5.84. The van der Waals surface area contributed by atoms with Crippen LogP contribution >= 0.6 is 0 Å². The van der Waals surface area contributed by atoms with Crippen molar-refractivity contribution in [2.24, 2.45) is 0 Å². The van der Waals surface area contributed by atoms with Gasteiger partial charge < -0.3 is 9.47 Å². The molecule has 0 spiro atoms. The molecule has 2 saturated carbocycles. The minimum Gasteiger partial charge on any atom is -0.473 e. The Hall–Kier alpha value is -2.30. The topological polar surface area (TPSA) is 64.2 Å². The van der Waals surface area contributed by atoms with Crippen molar-refractivity contribution in [2.45, 2.75) is 76.4 Å². The van der Waals surface area contributed by atoms with E-state index in [-0.39, 0.29) is 12.1 Å². The molecule has 1 N–H and O–H groups in total. The summed E-state index contributed by atoms with van der Waals surface area (Å²) in [5.74, 6) is 1.08. The van der Waals surface area contributed by atoms with E-state index in [4.69, 9.17) is 9.47 Å². The molecule has 0 amide bonds. The maximum Gasteiger partial charge on any atom is 0.302 e. The number of nitrogens with one attached hydrogen (secondary N) is 1. The highest BCUT2D eigenvalue weighted by molar-refractivity contribution is 5.66. The van der Waals surface area contributed by atoms with Crippen LogP contribution in [0.1, 0.15) is 69.8 Å². The molecule has 2 aliphatic rings. The molecule has 0 aliphatic heterocycles. The van der Waals surface area contributed by atoms with Gasteiger partial charge >= 0.3 is 5.97 Å². The number of carbonyl (C=O) groups excluding carboxylic acids is 1. The van der Waals surface area contributed by atoms with E-state index in [1.807, 2.05) is 6.07 Å². The van der Waals surface area contributed by atoms with Gasteiger partial charge in [0.2, 0.25) is 5.88 Å². The van der Waals surface area contributed by atoms with Crippen LogP contribution in [0.15, 0.2) is 30.3 Å². The molecule has 0 saturated heterocycles. The minimum absolute atomic E-state index is 0.0984. The number of H-pyrrole nitrogens is 1. The van der Waals surface area contributed by atoms with E-state index in [2.05, 4.69) is 34.5 Å². The molecule has 1 aromatic carbocycles. The number of hydrogen-bond donors (Lipinski definition) is 1. The van der Waals surface area contributed by atoms with Crippen molar-refractivity contribution in [1.29, 1.82) is 0 Å². The fourth-order valence-corrected chi connectivity index (χ4v) is 4.37. The Morgan fingerprint density at radius 1 is 1.00 bits per heavy atom. The zero-order valence-electron chi connectivity index (χ0n) is 15.9. The van der Waals surface area contributed by atoms with Crippen LogP contribution in [0.3, 0.4) is 0 Å². The number of nitrogens with zero attached hydrogens (tertiary/aromatic N) is 1. The Balaban J connectivity index is 1.35. The Morgan fingerprint density at radius 3 is 2.37 bits per heavy atom. The molecule has 1 heterocycles. The lowest BCUT2D eigenvalue weighted by molar-refractivity contribution is -0.147. The van der Waals surface area contributed by atoms with E-state index in [9.17, 15) is 4.79 Å². The molecule has 1 aromatic heterocycles. The van der Waals surface area contributed by atoms with Gasteiger partial charge in [-0.1, -0.05) is 24.3 Å². The molecule has 0 radical (unpaired) electrons. The smallest absolute Gasteiger partial charge is 0.302 e. The summed E-state index contributed by atoms with van der Waals surface area (Å²) in [7, 11) is 0. The molecular formula is C22H28N2O3. The Labute approximate surface area is 160 Å². The summed E-state index contributed by atoms with van der Waals surface area (Å²) in [6.45, 7) is 1.49. The molecule has 2 fully saturated rings. The standard InChI is InChI=1S/C22H28N2O3/c1-15(25)26-20-12-10-17(11-13-20)16-6-8-18(9-7-16)21-14-22(24-23-21)27-19-4-2-3-5-19/h6-9,14,17,19-20H,2-5,10-13H2,1H3,(H,23,24). The maximum atomic E-state index is 11.1. The van der Waals surface area contributed by atoms with Gasteiger partial charge in [-0.05, 0) is 68.4 Å². The van der Waals surface area contributed by atoms with E-state index in [0.29, 0.717) is 17.9 Å². The quantitative estimate of drug-likeness (QED) is 0.755. The molecule has 2 aromatic rings. The Bertz CT molecular complexity index is 754. The zero-order valence-corrected chi connectivity index (χ0v) is 15.9. The van der Waals surface area contributed by atoms with E-state index in [0.717, 1.165) is 49.8 Å². The molecule has 144 valence electrons. The number of rotatable bonds is 5. The number of benzene rings is 1. The van der Waals surface area contributed by atoms with E-state index >= 15 is 0 Å². The lowest BCUT2D eigenvalue weighted by Gasteiger charge is -2.28. The predicted molar refractivity (Wildman–Crippen MR) is 104 cm³/mol. The van der Waals surface area contributed by atoms with Crippen LogP contribution in [-0.2, 0) is 9.53 Å². The van der Waals surface area contributed by atoms with Crippen LogP contribution in [-0.4, -0.2) is 28.4 Å². The minimum atomic E-state index is -0.168. The fourth-order valence-electron chi connectivity index (χ4n) is 4.37. The maximum absolute atomic E-state index is 11.1. The number of aromatic nitrogens is 2. The third-order valence-corrected chi connectivity index (χ3v) is 5.84. The van der Waals surface area contributed by atoms with E-state index < -0.39 is 0 Å². The van der Waals surface area contributed by atoms with Crippen LogP contribution in [0.2, 0.25) is 0 Å². The van der Waals surface area contributed by atoms with Gasteiger partial charge in [0, 0.05) is 13.0 Å². The van der Waals surface area contributed by atoms with Crippen LogP contribution in [0.5, 0.6) is 5.88 Å². The highest BCUT2D eigenvalue weighted by Crippen LogP contribution is 2.35. The molecular weight excluding hydrogens is 340 g/mol.